The summed E-state index contributed by atoms with van der Waals surface area (Å²) in [6, 6.07) is 0. The van der Waals surface area contributed by atoms with E-state index in [1.165, 1.54) is 19.4 Å². The summed E-state index contributed by atoms with van der Waals surface area (Å²) in [5.41, 5.74) is 5.85. The molecule has 0 saturated carbocycles. The van der Waals surface area contributed by atoms with Crippen LogP contribution in [0.4, 0.5) is 0 Å². The highest BCUT2D eigenvalue weighted by Crippen LogP contribution is 2.17. The van der Waals surface area contributed by atoms with Gasteiger partial charge in [0.25, 0.3) is 0 Å². The highest BCUT2D eigenvalue weighted by atomic mass is 16.5. The number of likely N-dealkylation sites (tertiary alicyclic amines) is 1. The van der Waals surface area contributed by atoms with Gasteiger partial charge in [-0.2, -0.15) is 0 Å². The molecule has 0 spiro atoms. The molecule has 17 heavy (non-hydrogen) atoms. The number of nitrogens with zero attached hydrogens (tertiary/aromatic N) is 1. The number of rotatable bonds is 7. The Morgan fingerprint density at radius 1 is 1.41 bits per heavy atom. The molecule has 1 heterocycles. The third-order valence-corrected chi connectivity index (χ3v) is 3.76. The van der Waals surface area contributed by atoms with Gasteiger partial charge in [0.1, 0.15) is 0 Å². The average molecular weight is 242 g/mol. The van der Waals surface area contributed by atoms with Crippen LogP contribution in [0.5, 0.6) is 0 Å². The molecule has 2 atom stereocenters. The average Bonchev–Trinajstić information content (AvgIpc) is 2.33. The molecule has 1 fully saturated rings. The molecule has 0 aliphatic carbocycles. The molecule has 2 N–H and O–H groups in total. The predicted molar refractivity (Wildman–Crippen MR) is 73.1 cm³/mol. The first-order valence-electron chi connectivity index (χ1n) is 7.21. The first kappa shape index (κ1) is 14.9. The van der Waals surface area contributed by atoms with Crippen LogP contribution in [0.3, 0.4) is 0 Å². The molecule has 0 aromatic heterocycles. The third kappa shape index (κ3) is 5.36. The molecule has 1 aliphatic rings. The van der Waals surface area contributed by atoms with Gasteiger partial charge in [0.2, 0.25) is 0 Å². The van der Waals surface area contributed by atoms with Crippen LogP contribution < -0.4 is 5.73 Å². The molecule has 0 radical (unpaired) electrons. The Morgan fingerprint density at radius 2 is 2.18 bits per heavy atom. The number of hydrogen-bond donors (Lipinski definition) is 1. The van der Waals surface area contributed by atoms with E-state index in [2.05, 4.69) is 25.7 Å². The minimum absolute atomic E-state index is 0.453. The summed E-state index contributed by atoms with van der Waals surface area (Å²) in [7, 11) is 0. The van der Waals surface area contributed by atoms with Gasteiger partial charge in [-0.25, -0.2) is 0 Å². The van der Waals surface area contributed by atoms with Crippen LogP contribution in [-0.2, 0) is 4.74 Å². The monoisotopic (exact) mass is 242 g/mol. The second-order valence-electron chi connectivity index (χ2n) is 5.63. The van der Waals surface area contributed by atoms with Crippen LogP contribution in [0, 0.1) is 11.8 Å². The Morgan fingerprint density at radius 3 is 2.76 bits per heavy atom. The molecular formula is C14H30N2O. The highest BCUT2D eigenvalue weighted by Gasteiger charge is 2.23. The van der Waals surface area contributed by atoms with Crippen molar-refractivity contribution in [3.63, 3.8) is 0 Å². The summed E-state index contributed by atoms with van der Waals surface area (Å²) >= 11 is 0. The van der Waals surface area contributed by atoms with Crippen molar-refractivity contribution < 1.29 is 4.74 Å². The van der Waals surface area contributed by atoms with Gasteiger partial charge in [0, 0.05) is 19.7 Å². The van der Waals surface area contributed by atoms with E-state index in [0.29, 0.717) is 17.9 Å². The maximum atomic E-state index is 5.87. The molecule has 3 heteroatoms. The molecule has 0 amide bonds. The van der Waals surface area contributed by atoms with Crippen molar-refractivity contribution in [2.75, 3.05) is 32.8 Å². The van der Waals surface area contributed by atoms with Gasteiger partial charge in [-0.05, 0) is 44.2 Å². The fourth-order valence-corrected chi connectivity index (χ4v) is 2.49. The Labute approximate surface area is 107 Å². The molecule has 1 saturated heterocycles. The Kier molecular flexibility index (Phi) is 7.09. The fraction of sp³-hybridized carbons (Fsp3) is 1.00. The molecule has 1 rings (SSSR count). The first-order valence-corrected chi connectivity index (χ1v) is 7.21. The van der Waals surface area contributed by atoms with Crippen LogP contribution in [0.25, 0.3) is 0 Å². The predicted octanol–water partition coefficient (Wildman–Crippen LogP) is 2.11. The van der Waals surface area contributed by atoms with Crippen molar-refractivity contribution in [2.45, 2.75) is 46.1 Å². The number of hydrogen-bond acceptors (Lipinski definition) is 3. The van der Waals surface area contributed by atoms with Gasteiger partial charge in [-0.1, -0.05) is 20.8 Å². The molecular weight excluding hydrogens is 212 g/mol. The van der Waals surface area contributed by atoms with E-state index in [1.807, 2.05) is 0 Å². The minimum atomic E-state index is 0.453. The fourth-order valence-electron chi connectivity index (χ4n) is 2.49. The van der Waals surface area contributed by atoms with E-state index in [0.717, 1.165) is 32.7 Å². The van der Waals surface area contributed by atoms with Crippen LogP contribution in [-0.4, -0.2) is 43.8 Å². The summed E-state index contributed by atoms with van der Waals surface area (Å²) in [5, 5.41) is 0. The second kappa shape index (κ2) is 8.06. The lowest BCUT2D eigenvalue weighted by atomic mass is 9.94. The normalized spacial score (nSPS) is 24.2. The number of ether oxygens (including phenoxy) is 1. The molecule has 1 aliphatic heterocycles. The minimum Gasteiger partial charge on any atom is -0.377 e. The van der Waals surface area contributed by atoms with Crippen molar-refractivity contribution in [2.24, 2.45) is 17.6 Å². The van der Waals surface area contributed by atoms with Gasteiger partial charge in [-0.15, -0.1) is 0 Å². The van der Waals surface area contributed by atoms with Crippen molar-refractivity contribution in [3.8, 4) is 0 Å². The van der Waals surface area contributed by atoms with E-state index >= 15 is 0 Å². The van der Waals surface area contributed by atoms with Gasteiger partial charge in [0.15, 0.2) is 0 Å². The lowest BCUT2D eigenvalue weighted by molar-refractivity contribution is -0.00527. The van der Waals surface area contributed by atoms with Crippen molar-refractivity contribution in [3.05, 3.63) is 0 Å². The maximum Gasteiger partial charge on any atom is 0.0702 e. The topological polar surface area (TPSA) is 38.5 Å². The zero-order valence-electron chi connectivity index (χ0n) is 11.8. The van der Waals surface area contributed by atoms with Gasteiger partial charge in [-0.3, -0.25) is 0 Å². The summed E-state index contributed by atoms with van der Waals surface area (Å²) in [6.07, 6.45) is 4.07. The maximum absolute atomic E-state index is 5.87. The van der Waals surface area contributed by atoms with E-state index in [9.17, 15) is 0 Å². The summed E-state index contributed by atoms with van der Waals surface area (Å²) < 4.78 is 5.87. The standard InChI is InChI=1S/C14H30N2O/c1-4-8-17-14-6-5-7-16(11-14)10-13(9-15)12(2)3/h12-14H,4-11,15H2,1-3H3. The van der Waals surface area contributed by atoms with Gasteiger partial charge in [0.05, 0.1) is 6.10 Å². The lowest BCUT2D eigenvalue weighted by Crippen LogP contribution is -2.44. The highest BCUT2D eigenvalue weighted by molar-refractivity contribution is 4.77. The van der Waals surface area contributed by atoms with E-state index in [4.69, 9.17) is 10.5 Å². The number of nitrogens with two attached hydrogens (primary N) is 1. The van der Waals surface area contributed by atoms with Crippen LogP contribution in [0.15, 0.2) is 0 Å². The molecule has 0 aromatic carbocycles. The molecule has 3 nitrogen and oxygen atoms in total. The van der Waals surface area contributed by atoms with Crippen molar-refractivity contribution in [1.82, 2.24) is 4.90 Å². The Balaban J connectivity index is 2.33. The van der Waals surface area contributed by atoms with Crippen LogP contribution >= 0.6 is 0 Å². The van der Waals surface area contributed by atoms with Crippen molar-refractivity contribution in [1.29, 1.82) is 0 Å². The molecule has 102 valence electrons. The van der Waals surface area contributed by atoms with E-state index in [1.54, 1.807) is 0 Å². The van der Waals surface area contributed by atoms with Gasteiger partial charge < -0.3 is 15.4 Å². The Bertz CT molecular complexity index is 197. The third-order valence-electron chi connectivity index (χ3n) is 3.76. The van der Waals surface area contributed by atoms with E-state index < -0.39 is 0 Å². The number of piperidine rings is 1. The summed E-state index contributed by atoms with van der Waals surface area (Å²) in [6.45, 7) is 11.9. The smallest absolute Gasteiger partial charge is 0.0702 e. The second-order valence-corrected chi connectivity index (χ2v) is 5.63. The van der Waals surface area contributed by atoms with Crippen LogP contribution in [0.2, 0.25) is 0 Å². The Hall–Kier alpha value is -0.120. The zero-order chi connectivity index (χ0) is 12.7. The first-order chi connectivity index (χ1) is 8.17. The molecule has 2 unspecified atom stereocenters. The summed E-state index contributed by atoms with van der Waals surface area (Å²) in [5.74, 6) is 1.30. The van der Waals surface area contributed by atoms with Crippen molar-refractivity contribution >= 4 is 0 Å². The van der Waals surface area contributed by atoms with E-state index in [-0.39, 0.29) is 0 Å². The SMILES string of the molecule is CCCOC1CCCN(CC(CN)C(C)C)C1. The zero-order valence-corrected chi connectivity index (χ0v) is 11.8. The van der Waals surface area contributed by atoms with Gasteiger partial charge >= 0.3 is 0 Å². The lowest BCUT2D eigenvalue weighted by Gasteiger charge is -2.35. The molecule has 0 aromatic rings. The summed E-state index contributed by atoms with van der Waals surface area (Å²) in [4.78, 5) is 2.54. The molecule has 0 bridgehead atoms. The largest absolute Gasteiger partial charge is 0.377 e. The van der Waals surface area contributed by atoms with Crippen LogP contribution in [0.1, 0.15) is 40.0 Å². The quantitative estimate of drug-likeness (QED) is 0.743.